The molecular weight excluding hydrogens is 455 g/mol. The minimum atomic E-state index is -4.56. The van der Waals surface area contributed by atoms with Crippen molar-refractivity contribution >= 4 is 19.8 Å². The molecule has 0 bridgehead atoms. The number of aliphatic hydroxyl groups is 2. The molecule has 0 fully saturated rings. The van der Waals surface area contributed by atoms with E-state index >= 15 is 0 Å². The van der Waals surface area contributed by atoms with Crippen molar-refractivity contribution < 1.29 is 47.8 Å². The molecule has 3 N–H and O–H groups in total. The van der Waals surface area contributed by atoms with Crippen molar-refractivity contribution in [1.82, 2.24) is 0 Å². The Kier molecular flexibility index (Phi) is 19.7. The molecule has 0 rings (SSSR count). The SMILES string of the molecule is CCCCCCCCCCCCC(=O)OC(COC(=O)CC)COP(=O)(O)OCC(O)CO. The van der Waals surface area contributed by atoms with Crippen LogP contribution >= 0.6 is 7.82 Å². The first-order chi connectivity index (χ1) is 15.7. The first-order valence-electron chi connectivity index (χ1n) is 12.0. The van der Waals surface area contributed by atoms with Crippen molar-refractivity contribution in [1.29, 1.82) is 0 Å². The first-order valence-corrected chi connectivity index (χ1v) is 13.5. The van der Waals surface area contributed by atoms with Gasteiger partial charge in [0.15, 0.2) is 6.10 Å². The lowest BCUT2D eigenvalue weighted by atomic mass is 10.1. The summed E-state index contributed by atoms with van der Waals surface area (Å²) in [7, 11) is -4.56. The topological polar surface area (TPSA) is 149 Å². The average molecular weight is 499 g/mol. The van der Waals surface area contributed by atoms with E-state index in [9.17, 15) is 24.2 Å². The van der Waals surface area contributed by atoms with Crippen molar-refractivity contribution in [2.24, 2.45) is 0 Å². The maximum atomic E-state index is 12.1. The summed E-state index contributed by atoms with van der Waals surface area (Å²) in [6.45, 7) is 1.68. The van der Waals surface area contributed by atoms with E-state index in [0.717, 1.165) is 19.3 Å². The molecule has 0 radical (unpaired) electrons. The van der Waals surface area contributed by atoms with E-state index in [2.05, 4.69) is 11.4 Å². The molecule has 3 atom stereocenters. The number of rotatable bonds is 22. The predicted octanol–water partition coefficient (Wildman–Crippen LogP) is 3.65. The molecule has 3 unspecified atom stereocenters. The summed E-state index contributed by atoms with van der Waals surface area (Å²) in [4.78, 5) is 33.2. The highest BCUT2D eigenvalue weighted by atomic mass is 31.2. The van der Waals surface area contributed by atoms with Gasteiger partial charge in [0, 0.05) is 12.8 Å². The number of ether oxygens (including phenoxy) is 2. The third-order valence-corrected chi connectivity index (χ3v) is 5.77. The van der Waals surface area contributed by atoms with Gasteiger partial charge >= 0.3 is 19.8 Å². The van der Waals surface area contributed by atoms with Gasteiger partial charge in [-0.15, -0.1) is 0 Å². The molecular formula is C22H43O10P. The number of carbonyl (C=O) groups is 2. The van der Waals surface area contributed by atoms with Gasteiger partial charge in [-0.05, 0) is 6.42 Å². The van der Waals surface area contributed by atoms with E-state index in [-0.39, 0.29) is 19.4 Å². The smallest absolute Gasteiger partial charge is 0.462 e. The van der Waals surface area contributed by atoms with Gasteiger partial charge in [0.1, 0.15) is 12.7 Å². The zero-order chi connectivity index (χ0) is 25.0. The standard InChI is InChI=1S/C22H43O10P/c1-3-5-6-7-8-9-10-11-12-13-14-22(26)32-20(17-29-21(25)4-2)18-31-33(27,28)30-16-19(24)15-23/h19-20,23-24H,3-18H2,1-2H3,(H,27,28). The maximum Gasteiger partial charge on any atom is 0.472 e. The molecule has 0 aliphatic carbocycles. The van der Waals surface area contributed by atoms with Gasteiger partial charge in [-0.1, -0.05) is 71.6 Å². The molecule has 0 aliphatic heterocycles. The summed E-state index contributed by atoms with van der Waals surface area (Å²) in [5, 5.41) is 17.9. The second-order valence-corrected chi connectivity index (χ2v) is 9.43. The summed E-state index contributed by atoms with van der Waals surface area (Å²) in [6, 6.07) is 0. The summed E-state index contributed by atoms with van der Waals surface area (Å²) in [5.41, 5.74) is 0. The number of hydrogen-bond acceptors (Lipinski definition) is 9. The van der Waals surface area contributed by atoms with Crippen molar-refractivity contribution in [2.75, 3.05) is 26.4 Å². The molecule has 0 saturated heterocycles. The summed E-state index contributed by atoms with van der Waals surface area (Å²) >= 11 is 0. The van der Waals surface area contributed by atoms with Crippen molar-refractivity contribution in [2.45, 2.75) is 103 Å². The van der Waals surface area contributed by atoms with E-state index in [0.29, 0.717) is 6.42 Å². The zero-order valence-electron chi connectivity index (χ0n) is 20.1. The van der Waals surface area contributed by atoms with Gasteiger partial charge in [0.2, 0.25) is 0 Å². The Morgan fingerprint density at radius 2 is 1.36 bits per heavy atom. The van der Waals surface area contributed by atoms with Crippen LogP contribution < -0.4 is 0 Å². The van der Waals surface area contributed by atoms with Crippen LogP contribution in [0.1, 0.15) is 90.9 Å². The summed E-state index contributed by atoms with van der Waals surface area (Å²) < 4.78 is 31.4. The number of esters is 2. The van der Waals surface area contributed by atoms with Crippen molar-refractivity contribution in [3.8, 4) is 0 Å². The maximum absolute atomic E-state index is 12.1. The fourth-order valence-electron chi connectivity index (χ4n) is 2.85. The molecule has 11 heteroatoms. The first kappa shape index (κ1) is 32.0. The zero-order valence-corrected chi connectivity index (χ0v) is 21.0. The van der Waals surface area contributed by atoms with Crippen LogP contribution in [0, 0.1) is 0 Å². The molecule has 0 spiro atoms. The minimum absolute atomic E-state index is 0.126. The van der Waals surface area contributed by atoms with Gasteiger partial charge in [0.05, 0.1) is 19.8 Å². The fraction of sp³-hybridized carbons (Fsp3) is 0.909. The highest BCUT2D eigenvalue weighted by molar-refractivity contribution is 7.47. The van der Waals surface area contributed by atoms with E-state index in [1.54, 1.807) is 6.92 Å². The van der Waals surface area contributed by atoms with Crippen LogP contribution in [0.5, 0.6) is 0 Å². The summed E-state index contributed by atoms with van der Waals surface area (Å²) in [5.74, 6) is -1.03. The Bertz CT molecular complexity index is 557. The van der Waals surface area contributed by atoms with Gasteiger partial charge in [-0.2, -0.15) is 0 Å². The van der Waals surface area contributed by atoms with Gasteiger partial charge in [0.25, 0.3) is 0 Å². The second-order valence-electron chi connectivity index (χ2n) is 7.98. The highest BCUT2D eigenvalue weighted by Gasteiger charge is 2.26. The van der Waals surface area contributed by atoms with Crippen LogP contribution in [0.3, 0.4) is 0 Å². The number of unbranched alkanes of at least 4 members (excludes halogenated alkanes) is 9. The lowest BCUT2D eigenvalue weighted by molar-refractivity contribution is -0.161. The Morgan fingerprint density at radius 1 is 0.818 bits per heavy atom. The molecule has 10 nitrogen and oxygen atoms in total. The van der Waals surface area contributed by atoms with Gasteiger partial charge < -0.3 is 24.6 Å². The number of phosphoric ester groups is 1. The molecule has 196 valence electrons. The Labute approximate surface area is 197 Å². The van der Waals surface area contributed by atoms with Gasteiger partial charge in [-0.3, -0.25) is 18.6 Å². The number of hydrogen-bond donors (Lipinski definition) is 3. The van der Waals surface area contributed by atoms with Crippen LogP contribution in [-0.4, -0.2) is 65.7 Å². The number of carbonyl (C=O) groups excluding carboxylic acids is 2. The summed E-state index contributed by atoms with van der Waals surface area (Å²) in [6.07, 6.45) is 9.21. The molecule has 33 heavy (non-hydrogen) atoms. The number of phosphoric acid groups is 1. The highest BCUT2D eigenvalue weighted by Crippen LogP contribution is 2.43. The van der Waals surface area contributed by atoms with E-state index in [1.807, 2.05) is 0 Å². The normalized spacial score (nSPS) is 14.9. The van der Waals surface area contributed by atoms with Crippen LogP contribution in [0.25, 0.3) is 0 Å². The second kappa shape index (κ2) is 20.4. The Morgan fingerprint density at radius 3 is 1.91 bits per heavy atom. The van der Waals surface area contributed by atoms with E-state index in [1.165, 1.54) is 38.5 Å². The van der Waals surface area contributed by atoms with Crippen molar-refractivity contribution in [3.63, 3.8) is 0 Å². The molecule has 0 aromatic rings. The largest absolute Gasteiger partial charge is 0.472 e. The molecule has 0 heterocycles. The molecule has 0 saturated carbocycles. The average Bonchev–Trinajstić information content (AvgIpc) is 2.80. The van der Waals surface area contributed by atoms with Crippen LogP contribution in [-0.2, 0) is 32.7 Å². The van der Waals surface area contributed by atoms with Crippen molar-refractivity contribution in [3.05, 3.63) is 0 Å². The molecule has 0 aromatic heterocycles. The van der Waals surface area contributed by atoms with Crippen LogP contribution in [0.15, 0.2) is 0 Å². The van der Waals surface area contributed by atoms with E-state index < -0.39 is 51.8 Å². The van der Waals surface area contributed by atoms with Crippen LogP contribution in [0.4, 0.5) is 0 Å². The van der Waals surface area contributed by atoms with E-state index in [4.69, 9.17) is 19.1 Å². The third-order valence-electron chi connectivity index (χ3n) is 4.82. The van der Waals surface area contributed by atoms with Gasteiger partial charge in [-0.25, -0.2) is 4.57 Å². The quantitative estimate of drug-likeness (QED) is 0.115. The lowest BCUT2D eigenvalue weighted by Crippen LogP contribution is -2.29. The molecule has 0 amide bonds. The monoisotopic (exact) mass is 498 g/mol. The Hall–Kier alpha value is -1.03. The minimum Gasteiger partial charge on any atom is -0.462 e. The molecule has 0 aliphatic rings. The number of aliphatic hydroxyl groups excluding tert-OH is 2. The predicted molar refractivity (Wildman–Crippen MR) is 122 cm³/mol. The van der Waals surface area contributed by atoms with Crippen LogP contribution in [0.2, 0.25) is 0 Å². The third kappa shape index (κ3) is 20.1. The lowest BCUT2D eigenvalue weighted by Gasteiger charge is -2.20. The fourth-order valence-corrected chi connectivity index (χ4v) is 3.64. The Balaban J connectivity index is 4.28. The molecule has 0 aromatic carbocycles.